The molecule has 2 aromatic carbocycles. The van der Waals surface area contributed by atoms with Crippen molar-refractivity contribution in [3.63, 3.8) is 0 Å². The Kier molecular flexibility index (Phi) is 8.32. The van der Waals surface area contributed by atoms with Gasteiger partial charge >= 0.3 is 0 Å². The third-order valence-electron chi connectivity index (χ3n) is 6.67. The molecule has 188 valence electrons. The van der Waals surface area contributed by atoms with Crippen LogP contribution >= 0.6 is 23.4 Å². The van der Waals surface area contributed by atoms with Crippen molar-refractivity contribution in [3.05, 3.63) is 63.8 Å². The highest BCUT2D eigenvalue weighted by Crippen LogP contribution is 2.34. The van der Waals surface area contributed by atoms with Crippen molar-refractivity contribution in [1.82, 2.24) is 9.47 Å². The highest BCUT2D eigenvalue weighted by molar-refractivity contribution is 7.97. The molecule has 0 saturated carbocycles. The van der Waals surface area contributed by atoms with Gasteiger partial charge in [0.15, 0.2) is 5.78 Å². The van der Waals surface area contributed by atoms with Crippen molar-refractivity contribution >= 4 is 40.0 Å². The van der Waals surface area contributed by atoms with Crippen LogP contribution < -0.4 is 0 Å². The number of piperidine rings is 1. The molecule has 0 bridgehead atoms. The second-order valence-electron chi connectivity index (χ2n) is 10.5. The first-order chi connectivity index (χ1) is 16.7. The summed E-state index contributed by atoms with van der Waals surface area (Å²) in [7, 11) is 0. The van der Waals surface area contributed by atoms with Crippen molar-refractivity contribution in [1.29, 1.82) is 0 Å². The number of fused-ring (bicyclic) bond motifs is 1. The molecule has 1 fully saturated rings. The second-order valence-corrected chi connectivity index (χ2v) is 11.8. The number of rotatable bonds is 8. The molecule has 0 atom stereocenters. The summed E-state index contributed by atoms with van der Waals surface area (Å²) in [4.78, 5) is 16.1. The fourth-order valence-corrected chi connectivity index (χ4v) is 5.65. The maximum Gasteiger partial charge on any atom is 0.179 e. The summed E-state index contributed by atoms with van der Waals surface area (Å²) in [5, 5.41) is 1.73. The molecule has 0 amide bonds. The molecule has 0 radical (unpaired) electrons. The largest absolute Gasteiger partial charge is 0.371 e. The van der Waals surface area contributed by atoms with Gasteiger partial charge in [-0.3, -0.25) is 9.69 Å². The Hall–Kier alpha value is -1.79. The topological polar surface area (TPSA) is 34.5 Å². The van der Waals surface area contributed by atoms with Crippen molar-refractivity contribution < 1.29 is 9.53 Å². The number of ketones is 1. The third kappa shape index (κ3) is 6.14. The van der Waals surface area contributed by atoms with Gasteiger partial charge in [-0.1, -0.05) is 18.0 Å². The molecule has 0 unspecified atom stereocenters. The fraction of sp³-hybridized carbons (Fsp3) is 0.483. The number of likely N-dealkylation sites (tertiary alicyclic amines) is 1. The number of nitrogens with zero attached hydrogens (tertiary/aromatic N) is 2. The normalized spacial score (nSPS) is 15.1. The Morgan fingerprint density at radius 3 is 2.37 bits per heavy atom. The Morgan fingerprint density at radius 2 is 1.74 bits per heavy atom. The summed E-state index contributed by atoms with van der Waals surface area (Å²) in [6, 6.07) is 12.3. The monoisotopic (exact) mass is 512 g/mol. The average molecular weight is 513 g/mol. The lowest BCUT2D eigenvalue weighted by atomic mass is 10.0. The molecular formula is C29H37ClN2O2S. The lowest BCUT2D eigenvalue weighted by molar-refractivity contribution is -0.0151. The Morgan fingerprint density at radius 1 is 1.06 bits per heavy atom. The van der Waals surface area contributed by atoms with E-state index in [9.17, 15) is 4.79 Å². The summed E-state index contributed by atoms with van der Waals surface area (Å²) in [6.07, 6.45) is 5.73. The molecule has 3 aromatic rings. The minimum atomic E-state index is -0.227. The molecule has 4 rings (SSSR count). The maximum absolute atomic E-state index is 13.8. The Balaban J connectivity index is 1.87. The van der Waals surface area contributed by atoms with E-state index in [1.165, 1.54) is 30.4 Å². The lowest BCUT2D eigenvalue weighted by Crippen LogP contribution is -2.34. The summed E-state index contributed by atoms with van der Waals surface area (Å²) in [6.45, 7) is 11.3. The number of hydrogen-bond acceptors (Lipinski definition) is 4. The first-order valence-electron chi connectivity index (χ1n) is 12.5. The van der Waals surface area contributed by atoms with Crippen LogP contribution in [-0.2, 0) is 17.1 Å². The number of carbonyl (C=O) groups excluding carboxylic acids is 1. The van der Waals surface area contributed by atoms with E-state index in [0.717, 1.165) is 46.7 Å². The van der Waals surface area contributed by atoms with Gasteiger partial charge in [0.1, 0.15) is 0 Å². The molecule has 0 N–H and O–H groups in total. The summed E-state index contributed by atoms with van der Waals surface area (Å²) in [5.74, 6) is 1.08. The van der Waals surface area contributed by atoms with E-state index < -0.39 is 0 Å². The van der Waals surface area contributed by atoms with Crippen LogP contribution in [-0.4, -0.2) is 46.7 Å². The predicted molar refractivity (Wildman–Crippen MR) is 149 cm³/mol. The van der Waals surface area contributed by atoms with Crippen LogP contribution in [0, 0.1) is 6.92 Å². The van der Waals surface area contributed by atoms with E-state index in [2.05, 4.69) is 55.6 Å². The quantitative estimate of drug-likeness (QED) is 0.294. The van der Waals surface area contributed by atoms with Crippen LogP contribution in [0.25, 0.3) is 16.6 Å². The zero-order valence-corrected chi connectivity index (χ0v) is 23.2. The van der Waals surface area contributed by atoms with Crippen molar-refractivity contribution in [2.45, 2.75) is 64.9 Å². The standard InChI is InChI=1S/C29H37ClN2O2S/c1-20-28(27(33)17-31-13-7-6-8-14-31)25-15-22(19-35-5)21(18-34-29(2,3)4)16-26(25)32(20)24-11-9-23(30)10-12-24/h9-12,15-16H,6-8,13-14,17-19H2,1-5H3. The molecule has 1 aromatic heterocycles. The molecule has 1 saturated heterocycles. The van der Waals surface area contributed by atoms with Crippen molar-refractivity contribution in [3.8, 4) is 5.69 Å². The van der Waals surface area contributed by atoms with Crippen LogP contribution in [0.2, 0.25) is 5.02 Å². The predicted octanol–water partition coefficient (Wildman–Crippen LogP) is 7.44. The molecule has 6 heteroatoms. The Bertz CT molecular complexity index is 1190. The number of benzene rings is 2. The molecule has 1 aliphatic heterocycles. The number of hydrogen-bond donors (Lipinski definition) is 0. The number of halogens is 1. The molecule has 2 heterocycles. The summed E-state index contributed by atoms with van der Waals surface area (Å²) < 4.78 is 8.39. The number of ether oxygens (including phenoxy) is 1. The first-order valence-corrected chi connectivity index (χ1v) is 14.3. The van der Waals surface area contributed by atoms with E-state index >= 15 is 0 Å². The molecule has 35 heavy (non-hydrogen) atoms. The SMILES string of the molecule is CSCc1cc2c(C(=O)CN3CCCCC3)c(C)n(-c3ccc(Cl)cc3)c2cc1COC(C)(C)C. The number of carbonyl (C=O) groups is 1. The average Bonchev–Trinajstić information content (AvgIpc) is 3.09. The minimum absolute atomic E-state index is 0.205. The molecule has 1 aliphatic rings. The van der Waals surface area contributed by atoms with Crippen molar-refractivity contribution in [2.24, 2.45) is 0 Å². The highest BCUT2D eigenvalue weighted by Gasteiger charge is 2.25. The van der Waals surface area contributed by atoms with Gasteiger partial charge in [0.05, 0.1) is 24.3 Å². The third-order valence-corrected chi connectivity index (χ3v) is 7.52. The van der Waals surface area contributed by atoms with E-state index in [0.29, 0.717) is 18.2 Å². The smallest absolute Gasteiger partial charge is 0.179 e. The van der Waals surface area contributed by atoms with Crippen LogP contribution in [0.1, 0.15) is 67.2 Å². The van der Waals surface area contributed by atoms with Gasteiger partial charge in [0.25, 0.3) is 0 Å². The summed E-state index contributed by atoms with van der Waals surface area (Å²) in [5.41, 5.74) is 6.05. The molecular weight excluding hydrogens is 476 g/mol. The van der Waals surface area contributed by atoms with Gasteiger partial charge < -0.3 is 9.30 Å². The minimum Gasteiger partial charge on any atom is -0.371 e. The van der Waals surface area contributed by atoms with Crippen LogP contribution in [0.15, 0.2) is 36.4 Å². The zero-order valence-electron chi connectivity index (χ0n) is 21.6. The molecule has 0 spiro atoms. The summed E-state index contributed by atoms with van der Waals surface area (Å²) >= 11 is 7.99. The van der Waals surface area contributed by atoms with E-state index in [-0.39, 0.29) is 11.4 Å². The van der Waals surface area contributed by atoms with E-state index in [1.807, 2.05) is 24.3 Å². The molecule has 4 nitrogen and oxygen atoms in total. The van der Waals surface area contributed by atoms with Gasteiger partial charge in [-0.15, -0.1) is 0 Å². The van der Waals surface area contributed by atoms with Gasteiger partial charge in [-0.25, -0.2) is 0 Å². The van der Waals surface area contributed by atoms with Gasteiger partial charge in [-0.2, -0.15) is 11.8 Å². The van der Waals surface area contributed by atoms with Crippen LogP contribution in [0.3, 0.4) is 0 Å². The maximum atomic E-state index is 13.8. The zero-order chi connectivity index (χ0) is 25.2. The molecule has 0 aliphatic carbocycles. The number of thioether (sulfide) groups is 1. The van der Waals surface area contributed by atoms with Gasteiger partial charge in [0, 0.05) is 33.1 Å². The number of Topliss-reactive ketones (excluding diaryl/α,β-unsaturated/α-hetero) is 1. The van der Waals surface area contributed by atoms with Crippen LogP contribution in [0.5, 0.6) is 0 Å². The van der Waals surface area contributed by atoms with E-state index in [1.54, 1.807) is 11.8 Å². The van der Waals surface area contributed by atoms with Crippen LogP contribution in [0.4, 0.5) is 0 Å². The highest BCUT2D eigenvalue weighted by atomic mass is 35.5. The van der Waals surface area contributed by atoms with Crippen molar-refractivity contribution in [2.75, 3.05) is 25.9 Å². The first kappa shape index (κ1) is 26.3. The van der Waals surface area contributed by atoms with E-state index in [4.69, 9.17) is 16.3 Å². The van der Waals surface area contributed by atoms with Gasteiger partial charge in [-0.05, 0) is 107 Å². The Labute approximate surface area is 219 Å². The fourth-order valence-electron chi connectivity index (χ4n) is 4.94. The second kappa shape index (κ2) is 11.1. The number of aromatic nitrogens is 1. The van der Waals surface area contributed by atoms with Gasteiger partial charge in [0.2, 0.25) is 0 Å². The lowest BCUT2D eigenvalue weighted by Gasteiger charge is -2.25.